The number of para-hydroxylation sites is 1. The first-order valence-corrected chi connectivity index (χ1v) is 10.7. The van der Waals surface area contributed by atoms with E-state index >= 15 is 0 Å². The van der Waals surface area contributed by atoms with E-state index in [9.17, 15) is 4.79 Å². The number of hydrogen-bond acceptors (Lipinski definition) is 3. The molecular formula is C27H25N3O2. The Kier molecular flexibility index (Phi) is 5.02. The van der Waals surface area contributed by atoms with Crippen molar-refractivity contribution < 1.29 is 9.21 Å². The monoisotopic (exact) mass is 423 g/mol. The molecule has 3 aromatic carbocycles. The maximum Gasteiger partial charge on any atom is 0.227 e. The molecule has 1 amide bonds. The van der Waals surface area contributed by atoms with Crippen LogP contribution in [0.1, 0.15) is 22.5 Å². The molecule has 0 spiro atoms. The average molecular weight is 424 g/mol. The summed E-state index contributed by atoms with van der Waals surface area (Å²) in [6.07, 6.45) is 2.01. The minimum atomic E-state index is 0.0481. The van der Waals surface area contributed by atoms with Crippen molar-refractivity contribution in [2.75, 3.05) is 7.05 Å². The van der Waals surface area contributed by atoms with Crippen LogP contribution in [0.3, 0.4) is 0 Å². The lowest BCUT2D eigenvalue weighted by Crippen LogP contribution is -2.28. The van der Waals surface area contributed by atoms with E-state index in [2.05, 4.69) is 25.1 Å². The van der Waals surface area contributed by atoms with Gasteiger partial charge in [0.1, 0.15) is 5.58 Å². The molecule has 0 fully saturated rings. The van der Waals surface area contributed by atoms with Crippen molar-refractivity contribution in [2.24, 2.45) is 0 Å². The van der Waals surface area contributed by atoms with E-state index in [0.29, 0.717) is 13.0 Å². The van der Waals surface area contributed by atoms with Crippen LogP contribution in [-0.4, -0.2) is 27.6 Å². The highest BCUT2D eigenvalue weighted by atomic mass is 16.3. The van der Waals surface area contributed by atoms with E-state index in [0.717, 1.165) is 49.9 Å². The SMILES string of the molecule is Cc1nn(-c2ccccc2)c(C)c1CN(C)C(=O)Cc1coc2ccc3ccccc3c12. The van der Waals surface area contributed by atoms with Gasteiger partial charge in [0.05, 0.1) is 24.1 Å². The van der Waals surface area contributed by atoms with Crippen LogP contribution in [-0.2, 0) is 17.8 Å². The average Bonchev–Trinajstić information content (AvgIpc) is 3.35. The number of rotatable bonds is 5. The van der Waals surface area contributed by atoms with Crippen molar-refractivity contribution in [1.29, 1.82) is 0 Å². The largest absolute Gasteiger partial charge is 0.464 e. The molecule has 0 aliphatic heterocycles. The Morgan fingerprint density at radius 1 is 1.00 bits per heavy atom. The number of nitrogens with zero attached hydrogens (tertiary/aromatic N) is 3. The summed E-state index contributed by atoms with van der Waals surface area (Å²) in [6, 6.07) is 22.3. The van der Waals surface area contributed by atoms with E-state index < -0.39 is 0 Å². The molecule has 5 aromatic rings. The van der Waals surface area contributed by atoms with Crippen molar-refractivity contribution in [2.45, 2.75) is 26.8 Å². The minimum Gasteiger partial charge on any atom is -0.464 e. The highest BCUT2D eigenvalue weighted by Crippen LogP contribution is 2.30. The van der Waals surface area contributed by atoms with E-state index in [4.69, 9.17) is 9.52 Å². The van der Waals surface area contributed by atoms with Gasteiger partial charge in [0.25, 0.3) is 0 Å². The fourth-order valence-electron chi connectivity index (χ4n) is 4.35. The van der Waals surface area contributed by atoms with Crippen LogP contribution < -0.4 is 0 Å². The molecule has 0 N–H and O–H groups in total. The zero-order valence-electron chi connectivity index (χ0n) is 18.5. The zero-order chi connectivity index (χ0) is 22.2. The van der Waals surface area contributed by atoms with Gasteiger partial charge in [-0.25, -0.2) is 4.68 Å². The third kappa shape index (κ3) is 3.46. The van der Waals surface area contributed by atoms with Crippen molar-refractivity contribution in [3.05, 3.63) is 95.5 Å². The Morgan fingerprint density at radius 3 is 2.56 bits per heavy atom. The summed E-state index contributed by atoms with van der Waals surface area (Å²) in [5.41, 5.74) is 5.81. The first-order chi connectivity index (χ1) is 15.5. The molecule has 32 heavy (non-hydrogen) atoms. The fourth-order valence-corrected chi connectivity index (χ4v) is 4.35. The molecule has 160 valence electrons. The number of hydrogen-bond donors (Lipinski definition) is 0. The Morgan fingerprint density at radius 2 is 1.75 bits per heavy atom. The van der Waals surface area contributed by atoms with Crippen molar-refractivity contribution in [3.63, 3.8) is 0 Å². The van der Waals surface area contributed by atoms with Crippen LogP contribution >= 0.6 is 0 Å². The molecule has 0 saturated carbocycles. The molecule has 0 unspecified atom stereocenters. The minimum absolute atomic E-state index is 0.0481. The molecule has 0 bridgehead atoms. The van der Waals surface area contributed by atoms with Crippen molar-refractivity contribution in [1.82, 2.24) is 14.7 Å². The number of fused-ring (bicyclic) bond motifs is 3. The summed E-state index contributed by atoms with van der Waals surface area (Å²) in [5, 5.41) is 7.98. The summed E-state index contributed by atoms with van der Waals surface area (Å²) in [7, 11) is 1.85. The van der Waals surface area contributed by atoms with E-state index in [1.54, 1.807) is 11.2 Å². The zero-order valence-corrected chi connectivity index (χ0v) is 18.5. The third-order valence-corrected chi connectivity index (χ3v) is 6.14. The van der Waals surface area contributed by atoms with Gasteiger partial charge in [0.2, 0.25) is 5.91 Å². The predicted molar refractivity (Wildman–Crippen MR) is 127 cm³/mol. The summed E-state index contributed by atoms with van der Waals surface area (Å²) >= 11 is 0. The van der Waals surface area contributed by atoms with Crippen LogP contribution in [0, 0.1) is 13.8 Å². The quantitative estimate of drug-likeness (QED) is 0.370. The molecule has 2 aromatic heterocycles. The molecule has 5 nitrogen and oxygen atoms in total. The van der Waals surface area contributed by atoms with E-state index in [-0.39, 0.29) is 5.91 Å². The molecule has 2 heterocycles. The lowest BCUT2D eigenvalue weighted by molar-refractivity contribution is -0.129. The molecule has 0 aliphatic rings. The van der Waals surface area contributed by atoms with Gasteiger partial charge >= 0.3 is 0 Å². The molecule has 5 rings (SSSR count). The molecule has 0 aliphatic carbocycles. The van der Waals surface area contributed by atoms with Gasteiger partial charge in [-0.2, -0.15) is 5.10 Å². The molecule has 5 heteroatoms. The summed E-state index contributed by atoms with van der Waals surface area (Å²) < 4.78 is 7.71. The van der Waals surface area contributed by atoms with Gasteiger partial charge in [-0.05, 0) is 42.8 Å². The fraction of sp³-hybridized carbons (Fsp3) is 0.185. The standard InChI is InChI=1S/C27H25N3O2/c1-18-24(19(2)30(28-18)22-10-5-4-6-11-22)16-29(3)26(31)15-21-17-32-25-14-13-20-9-7-8-12-23(20)27(21)25/h4-14,17H,15-16H2,1-3H3. The van der Waals surface area contributed by atoms with Crippen LogP contribution in [0.15, 0.2) is 77.4 Å². The summed E-state index contributed by atoms with van der Waals surface area (Å²) in [5.74, 6) is 0.0481. The number of furan rings is 1. The van der Waals surface area contributed by atoms with Crippen LogP contribution in [0.4, 0.5) is 0 Å². The van der Waals surface area contributed by atoms with Gasteiger partial charge in [-0.3, -0.25) is 4.79 Å². The first-order valence-electron chi connectivity index (χ1n) is 10.7. The smallest absolute Gasteiger partial charge is 0.227 e. The first kappa shape index (κ1) is 20.1. The number of benzene rings is 3. The number of aryl methyl sites for hydroxylation is 1. The highest BCUT2D eigenvalue weighted by molar-refractivity contribution is 6.08. The third-order valence-electron chi connectivity index (χ3n) is 6.14. The Balaban J connectivity index is 1.40. The molecular weight excluding hydrogens is 398 g/mol. The Labute approximate surface area is 186 Å². The Bertz CT molecular complexity index is 1430. The highest BCUT2D eigenvalue weighted by Gasteiger charge is 2.19. The summed E-state index contributed by atoms with van der Waals surface area (Å²) in [4.78, 5) is 14.9. The second-order valence-electron chi connectivity index (χ2n) is 8.24. The van der Waals surface area contributed by atoms with Crippen molar-refractivity contribution >= 4 is 27.6 Å². The van der Waals surface area contributed by atoms with Gasteiger partial charge in [0.15, 0.2) is 0 Å². The van der Waals surface area contributed by atoms with Crippen molar-refractivity contribution in [3.8, 4) is 5.69 Å². The number of carbonyl (C=O) groups excluding carboxylic acids is 1. The number of aromatic nitrogens is 2. The number of likely N-dealkylation sites (N-methyl/N-ethyl adjacent to an activating group) is 1. The number of amides is 1. The second kappa shape index (κ2) is 8.00. The van der Waals surface area contributed by atoms with Crippen LogP contribution in [0.5, 0.6) is 0 Å². The normalized spacial score (nSPS) is 11.3. The maximum absolute atomic E-state index is 13.2. The van der Waals surface area contributed by atoms with Gasteiger partial charge < -0.3 is 9.32 Å². The molecule has 0 saturated heterocycles. The van der Waals surface area contributed by atoms with Crippen LogP contribution in [0.2, 0.25) is 0 Å². The van der Waals surface area contributed by atoms with Crippen LogP contribution in [0.25, 0.3) is 27.4 Å². The second-order valence-corrected chi connectivity index (χ2v) is 8.24. The topological polar surface area (TPSA) is 51.3 Å². The van der Waals surface area contributed by atoms with Gasteiger partial charge in [0, 0.05) is 35.8 Å². The lowest BCUT2D eigenvalue weighted by Gasteiger charge is -2.17. The molecule has 0 radical (unpaired) electrons. The number of carbonyl (C=O) groups is 1. The van der Waals surface area contributed by atoms with Gasteiger partial charge in [-0.1, -0.05) is 48.5 Å². The lowest BCUT2D eigenvalue weighted by atomic mass is 10.0. The van der Waals surface area contributed by atoms with Gasteiger partial charge in [-0.15, -0.1) is 0 Å². The maximum atomic E-state index is 13.2. The van der Waals surface area contributed by atoms with E-state index in [1.165, 1.54) is 0 Å². The van der Waals surface area contributed by atoms with E-state index in [1.807, 2.05) is 67.2 Å². The molecule has 0 atom stereocenters. The predicted octanol–water partition coefficient (Wildman–Crippen LogP) is 5.59. The summed E-state index contributed by atoms with van der Waals surface area (Å²) in [6.45, 7) is 4.56. The Hall–Kier alpha value is -3.86.